The molecule has 2 rings (SSSR count). The highest BCUT2D eigenvalue weighted by atomic mass is 79.9. The van der Waals surface area contributed by atoms with Gasteiger partial charge < -0.3 is 0 Å². The third kappa shape index (κ3) is 3.21. The van der Waals surface area contributed by atoms with E-state index in [0.717, 1.165) is 16.6 Å². The Morgan fingerprint density at radius 1 is 1.26 bits per heavy atom. The first-order valence-electron chi connectivity index (χ1n) is 6.33. The predicted molar refractivity (Wildman–Crippen MR) is 84.0 cm³/mol. The summed E-state index contributed by atoms with van der Waals surface area (Å²) in [5.41, 5.74) is 4.78. The summed E-state index contributed by atoms with van der Waals surface area (Å²) in [6, 6.07) is 8.61. The molecule has 4 heteroatoms. The van der Waals surface area contributed by atoms with Gasteiger partial charge >= 0.3 is 0 Å². The van der Waals surface area contributed by atoms with Gasteiger partial charge in [0.15, 0.2) is 0 Å². The summed E-state index contributed by atoms with van der Waals surface area (Å²) in [6.45, 7) is 4.11. The van der Waals surface area contributed by atoms with Crippen molar-refractivity contribution >= 4 is 27.5 Å². The lowest BCUT2D eigenvalue weighted by Gasteiger charge is -2.15. The van der Waals surface area contributed by atoms with Crippen molar-refractivity contribution in [2.75, 3.05) is 5.88 Å². The van der Waals surface area contributed by atoms with Crippen molar-refractivity contribution in [3.8, 4) is 0 Å². The lowest BCUT2D eigenvalue weighted by Crippen LogP contribution is -2.09. The Kier molecular flexibility index (Phi) is 4.69. The molecule has 1 atom stereocenters. The summed E-state index contributed by atoms with van der Waals surface area (Å²) in [4.78, 5) is 0. The van der Waals surface area contributed by atoms with Gasteiger partial charge in [0.2, 0.25) is 0 Å². The topological polar surface area (TPSA) is 17.8 Å². The van der Waals surface area contributed by atoms with Gasteiger partial charge in [-0.25, -0.2) is 0 Å². The Hall–Kier alpha value is -0.800. The van der Waals surface area contributed by atoms with Crippen molar-refractivity contribution in [3.63, 3.8) is 0 Å². The Labute approximate surface area is 127 Å². The Bertz CT molecular complexity index is 560. The number of nitrogens with zero attached hydrogens (tertiary/aromatic N) is 2. The smallest absolute Gasteiger partial charge is 0.0738 e. The fourth-order valence-corrected chi connectivity index (χ4v) is 3.02. The average molecular weight is 342 g/mol. The quantitative estimate of drug-likeness (QED) is 0.755. The van der Waals surface area contributed by atoms with Crippen molar-refractivity contribution in [3.05, 3.63) is 51.3 Å². The molecule has 0 aliphatic carbocycles. The predicted octanol–water partition coefficient (Wildman–Crippen LogP) is 4.36. The van der Waals surface area contributed by atoms with Crippen LogP contribution in [0.2, 0.25) is 0 Å². The van der Waals surface area contributed by atoms with E-state index in [2.05, 4.69) is 52.2 Å². The SMILES string of the molecule is Cc1ccc(C(CCl)Cc2c(Br)c(C)nn2C)cc1. The number of aromatic nitrogens is 2. The van der Waals surface area contributed by atoms with E-state index in [9.17, 15) is 0 Å². The maximum absolute atomic E-state index is 6.16. The van der Waals surface area contributed by atoms with Gasteiger partial charge in [0.05, 0.1) is 15.9 Å². The van der Waals surface area contributed by atoms with Crippen LogP contribution in [0.15, 0.2) is 28.7 Å². The van der Waals surface area contributed by atoms with Gasteiger partial charge in [0, 0.05) is 18.8 Å². The van der Waals surface area contributed by atoms with Crippen LogP contribution < -0.4 is 0 Å². The van der Waals surface area contributed by atoms with Gasteiger partial charge in [-0.3, -0.25) is 4.68 Å². The second-order valence-corrected chi connectivity index (χ2v) is 6.04. The molecule has 0 aliphatic rings. The number of halogens is 2. The fraction of sp³-hybridized carbons (Fsp3) is 0.400. The van der Waals surface area contributed by atoms with Crippen molar-refractivity contribution in [1.29, 1.82) is 0 Å². The van der Waals surface area contributed by atoms with Crippen LogP contribution in [0.3, 0.4) is 0 Å². The number of alkyl halides is 1. The maximum Gasteiger partial charge on any atom is 0.0738 e. The molecule has 0 spiro atoms. The van der Waals surface area contributed by atoms with Gasteiger partial charge in [-0.1, -0.05) is 29.8 Å². The molecular formula is C15H18BrClN2. The summed E-state index contributed by atoms with van der Waals surface area (Å²) in [5.74, 6) is 0.924. The first-order chi connectivity index (χ1) is 9.02. The fourth-order valence-electron chi connectivity index (χ4n) is 2.24. The van der Waals surface area contributed by atoms with Crippen LogP contribution in [0.5, 0.6) is 0 Å². The molecule has 102 valence electrons. The summed E-state index contributed by atoms with van der Waals surface area (Å²) >= 11 is 9.77. The molecule has 0 bridgehead atoms. The number of benzene rings is 1. The molecule has 0 amide bonds. The molecule has 0 radical (unpaired) electrons. The monoisotopic (exact) mass is 340 g/mol. The molecule has 2 aromatic rings. The lowest BCUT2D eigenvalue weighted by atomic mass is 9.95. The maximum atomic E-state index is 6.16. The van der Waals surface area contributed by atoms with E-state index >= 15 is 0 Å². The molecule has 19 heavy (non-hydrogen) atoms. The summed E-state index contributed by atoms with van der Waals surface area (Å²) < 4.78 is 3.03. The van der Waals surface area contributed by atoms with Crippen LogP contribution in [0.25, 0.3) is 0 Å². The first kappa shape index (κ1) is 14.6. The van der Waals surface area contributed by atoms with Crippen molar-refractivity contribution < 1.29 is 0 Å². The molecule has 1 aromatic carbocycles. The van der Waals surface area contributed by atoms with Crippen LogP contribution >= 0.6 is 27.5 Å². The van der Waals surface area contributed by atoms with Crippen LogP contribution in [0.1, 0.15) is 28.4 Å². The Balaban J connectivity index is 2.26. The standard InChI is InChI=1S/C15H18BrClN2/c1-10-4-6-12(7-5-10)13(9-17)8-14-15(16)11(2)18-19(14)3/h4-7,13H,8-9H2,1-3H3. The van der Waals surface area contributed by atoms with Gasteiger partial charge in [0.25, 0.3) is 0 Å². The van der Waals surface area contributed by atoms with Gasteiger partial charge in [-0.2, -0.15) is 5.10 Å². The number of rotatable bonds is 4. The molecule has 0 fully saturated rings. The van der Waals surface area contributed by atoms with Gasteiger partial charge in [-0.15, -0.1) is 11.6 Å². The molecule has 0 saturated carbocycles. The van der Waals surface area contributed by atoms with Crippen molar-refractivity contribution in [2.45, 2.75) is 26.2 Å². The van der Waals surface area contributed by atoms with E-state index in [0.29, 0.717) is 11.8 Å². The Morgan fingerprint density at radius 3 is 2.37 bits per heavy atom. The molecule has 1 heterocycles. The minimum absolute atomic E-state index is 0.313. The van der Waals surface area contributed by atoms with E-state index < -0.39 is 0 Å². The number of hydrogen-bond donors (Lipinski definition) is 0. The summed E-state index contributed by atoms with van der Waals surface area (Å²) in [5, 5.41) is 4.43. The second-order valence-electron chi connectivity index (χ2n) is 4.94. The summed E-state index contributed by atoms with van der Waals surface area (Å²) in [7, 11) is 1.98. The first-order valence-corrected chi connectivity index (χ1v) is 7.66. The summed E-state index contributed by atoms with van der Waals surface area (Å²) in [6.07, 6.45) is 0.893. The van der Waals surface area contributed by atoms with Crippen LogP contribution in [-0.4, -0.2) is 15.7 Å². The van der Waals surface area contributed by atoms with E-state index in [1.54, 1.807) is 0 Å². The van der Waals surface area contributed by atoms with E-state index in [1.807, 2.05) is 18.7 Å². The minimum atomic E-state index is 0.313. The van der Waals surface area contributed by atoms with Crippen LogP contribution in [-0.2, 0) is 13.5 Å². The Morgan fingerprint density at radius 2 is 1.89 bits per heavy atom. The second kappa shape index (κ2) is 6.10. The highest BCUT2D eigenvalue weighted by Crippen LogP contribution is 2.28. The largest absolute Gasteiger partial charge is 0.271 e. The molecule has 0 saturated heterocycles. The van der Waals surface area contributed by atoms with E-state index in [-0.39, 0.29) is 0 Å². The van der Waals surface area contributed by atoms with Crippen LogP contribution in [0, 0.1) is 13.8 Å². The van der Waals surface area contributed by atoms with Crippen LogP contribution in [0.4, 0.5) is 0 Å². The zero-order valence-electron chi connectivity index (χ0n) is 11.5. The zero-order chi connectivity index (χ0) is 14.0. The van der Waals surface area contributed by atoms with E-state index in [1.165, 1.54) is 16.8 Å². The van der Waals surface area contributed by atoms with E-state index in [4.69, 9.17) is 11.6 Å². The molecule has 1 unspecified atom stereocenters. The molecule has 0 aliphatic heterocycles. The number of hydrogen-bond acceptors (Lipinski definition) is 1. The van der Waals surface area contributed by atoms with Crippen molar-refractivity contribution in [2.24, 2.45) is 7.05 Å². The highest BCUT2D eigenvalue weighted by Gasteiger charge is 2.17. The normalized spacial score (nSPS) is 12.7. The van der Waals surface area contributed by atoms with Gasteiger partial charge in [-0.05, 0) is 41.8 Å². The zero-order valence-corrected chi connectivity index (χ0v) is 13.8. The third-order valence-corrected chi connectivity index (χ3v) is 4.84. The van der Waals surface area contributed by atoms with Crippen molar-refractivity contribution in [1.82, 2.24) is 9.78 Å². The molecule has 2 nitrogen and oxygen atoms in total. The molecule has 0 N–H and O–H groups in total. The molecule has 1 aromatic heterocycles. The minimum Gasteiger partial charge on any atom is -0.271 e. The lowest BCUT2D eigenvalue weighted by molar-refractivity contribution is 0.656. The van der Waals surface area contributed by atoms with Gasteiger partial charge in [0.1, 0.15) is 0 Å². The molecular weight excluding hydrogens is 324 g/mol. The highest BCUT2D eigenvalue weighted by molar-refractivity contribution is 9.10. The third-order valence-electron chi connectivity index (χ3n) is 3.44. The number of aryl methyl sites for hydroxylation is 3. The average Bonchev–Trinajstić information content (AvgIpc) is 2.63.